The number of rotatable bonds is 8. The van der Waals surface area contributed by atoms with Gasteiger partial charge in [0.15, 0.2) is 0 Å². The van der Waals surface area contributed by atoms with Crippen molar-refractivity contribution in [3.05, 3.63) is 108 Å². The van der Waals surface area contributed by atoms with Crippen molar-refractivity contribution in [3.63, 3.8) is 0 Å². The van der Waals surface area contributed by atoms with Crippen molar-refractivity contribution >= 4 is 0 Å². The van der Waals surface area contributed by atoms with Crippen molar-refractivity contribution in [2.24, 2.45) is 0 Å². The van der Waals surface area contributed by atoms with Crippen LogP contribution in [-0.2, 0) is 19.4 Å². The van der Waals surface area contributed by atoms with Crippen LogP contribution in [0.25, 0.3) is 0 Å². The molecule has 30 heavy (non-hydrogen) atoms. The van der Waals surface area contributed by atoms with E-state index < -0.39 is 0 Å². The molecule has 0 aromatic heterocycles. The Hall–Kier alpha value is -2.42. The van der Waals surface area contributed by atoms with Gasteiger partial charge < -0.3 is 4.90 Å². The third-order valence-electron chi connectivity index (χ3n) is 6.23. The van der Waals surface area contributed by atoms with Crippen LogP contribution in [0.4, 0.5) is 0 Å². The highest BCUT2D eigenvalue weighted by Crippen LogP contribution is 2.19. The first-order chi connectivity index (χ1) is 14.9. The second-order valence-electron chi connectivity index (χ2n) is 8.54. The number of aryl methyl sites for hydroxylation is 1. The minimum atomic E-state index is 0.562. The Bertz CT molecular complexity index is 848. The van der Waals surface area contributed by atoms with Gasteiger partial charge in [0.05, 0.1) is 0 Å². The molecule has 0 unspecified atom stereocenters. The largest absolute Gasteiger partial charge is 0.302 e. The Labute approximate surface area is 182 Å². The Morgan fingerprint density at radius 3 is 1.93 bits per heavy atom. The van der Waals surface area contributed by atoms with E-state index in [-0.39, 0.29) is 0 Å². The van der Waals surface area contributed by atoms with Crippen LogP contribution < -0.4 is 0 Å². The molecule has 1 atom stereocenters. The Balaban J connectivity index is 1.41. The molecule has 1 saturated heterocycles. The van der Waals surface area contributed by atoms with E-state index in [1.54, 1.807) is 0 Å². The molecule has 2 nitrogen and oxygen atoms in total. The van der Waals surface area contributed by atoms with E-state index in [0.29, 0.717) is 6.04 Å². The van der Waals surface area contributed by atoms with E-state index in [1.165, 1.54) is 55.6 Å². The van der Waals surface area contributed by atoms with Crippen LogP contribution >= 0.6 is 0 Å². The van der Waals surface area contributed by atoms with Gasteiger partial charge in [-0.05, 0) is 55.5 Å². The van der Waals surface area contributed by atoms with Gasteiger partial charge in [0.2, 0.25) is 0 Å². The summed E-state index contributed by atoms with van der Waals surface area (Å²) in [6.45, 7) is 5.80. The molecule has 1 fully saturated rings. The molecule has 1 aliphatic heterocycles. The lowest BCUT2D eigenvalue weighted by Crippen LogP contribution is -2.42. The fraction of sp³-hybridized carbons (Fsp3) is 0.357. The Kier molecular flexibility index (Phi) is 7.71. The van der Waals surface area contributed by atoms with Gasteiger partial charge in [-0.2, -0.15) is 0 Å². The Morgan fingerprint density at radius 2 is 1.27 bits per heavy atom. The predicted octanol–water partition coefficient (Wildman–Crippen LogP) is 5.44. The fourth-order valence-corrected chi connectivity index (χ4v) is 4.65. The van der Waals surface area contributed by atoms with Gasteiger partial charge in [0, 0.05) is 25.7 Å². The van der Waals surface area contributed by atoms with Crippen LogP contribution in [-0.4, -0.2) is 42.0 Å². The van der Waals surface area contributed by atoms with Gasteiger partial charge in [0.1, 0.15) is 0 Å². The summed E-state index contributed by atoms with van der Waals surface area (Å²) in [4.78, 5) is 5.43. The van der Waals surface area contributed by atoms with Gasteiger partial charge in [-0.3, -0.25) is 4.90 Å². The van der Waals surface area contributed by atoms with Crippen molar-refractivity contribution in [1.82, 2.24) is 9.80 Å². The van der Waals surface area contributed by atoms with Crippen LogP contribution in [0.15, 0.2) is 91.0 Å². The van der Waals surface area contributed by atoms with Crippen LogP contribution in [0.5, 0.6) is 0 Å². The first-order valence-corrected chi connectivity index (χ1v) is 11.4. The summed E-state index contributed by atoms with van der Waals surface area (Å²) in [7, 11) is 0. The maximum absolute atomic E-state index is 2.72. The summed E-state index contributed by atoms with van der Waals surface area (Å²) in [6, 6.07) is 33.5. The van der Waals surface area contributed by atoms with Crippen LogP contribution in [0.1, 0.15) is 29.5 Å². The molecule has 0 spiro atoms. The van der Waals surface area contributed by atoms with Crippen molar-refractivity contribution in [3.8, 4) is 0 Å². The smallest absolute Gasteiger partial charge is 0.0267 e. The minimum absolute atomic E-state index is 0.562. The van der Waals surface area contributed by atoms with E-state index in [9.17, 15) is 0 Å². The summed E-state index contributed by atoms with van der Waals surface area (Å²) in [5.74, 6) is 0. The predicted molar refractivity (Wildman–Crippen MR) is 127 cm³/mol. The average Bonchev–Trinajstić information content (AvgIpc) is 2.98. The summed E-state index contributed by atoms with van der Waals surface area (Å²) < 4.78 is 0. The molecule has 2 heteroatoms. The highest BCUT2D eigenvalue weighted by Gasteiger charge is 2.25. The van der Waals surface area contributed by atoms with Crippen molar-refractivity contribution in [2.75, 3.05) is 26.2 Å². The quantitative estimate of drug-likeness (QED) is 0.499. The van der Waals surface area contributed by atoms with Crippen LogP contribution in [0.2, 0.25) is 0 Å². The standard InChI is InChI=1S/C28H34N2/c1-4-12-25(13-5-1)18-10-19-29-20-11-21-30(23-27-16-8-3-9-17-27)28(24-29)22-26-14-6-2-7-15-26/h1-9,12-17,28H,10-11,18-24H2/t28-/m1/s1. The molecule has 3 aromatic rings. The van der Waals surface area contributed by atoms with E-state index in [0.717, 1.165) is 19.5 Å². The molecule has 156 valence electrons. The van der Waals surface area contributed by atoms with Crippen LogP contribution in [0, 0.1) is 0 Å². The number of hydrogen-bond acceptors (Lipinski definition) is 2. The zero-order valence-corrected chi connectivity index (χ0v) is 18.0. The molecule has 0 N–H and O–H groups in total. The maximum atomic E-state index is 2.72. The number of nitrogens with zero attached hydrogens (tertiary/aromatic N) is 2. The molecule has 4 rings (SSSR count). The molecular formula is C28H34N2. The second-order valence-corrected chi connectivity index (χ2v) is 8.54. The molecule has 0 amide bonds. The van der Waals surface area contributed by atoms with Gasteiger partial charge in [-0.25, -0.2) is 0 Å². The van der Waals surface area contributed by atoms with Crippen LogP contribution in [0.3, 0.4) is 0 Å². The highest BCUT2D eigenvalue weighted by molar-refractivity contribution is 5.18. The van der Waals surface area contributed by atoms with E-state index in [4.69, 9.17) is 0 Å². The normalized spacial score (nSPS) is 18.2. The van der Waals surface area contributed by atoms with E-state index in [1.807, 2.05) is 0 Å². The van der Waals surface area contributed by atoms with E-state index in [2.05, 4.69) is 101 Å². The number of hydrogen-bond donors (Lipinski definition) is 0. The summed E-state index contributed by atoms with van der Waals surface area (Å²) in [5, 5.41) is 0. The van der Waals surface area contributed by atoms with Gasteiger partial charge in [0.25, 0.3) is 0 Å². The fourth-order valence-electron chi connectivity index (χ4n) is 4.65. The van der Waals surface area contributed by atoms with Crippen molar-refractivity contribution in [2.45, 2.75) is 38.3 Å². The van der Waals surface area contributed by atoms with Gasteiger partial charge in [-0.1, -0.05) is 91.0 Å². The molecule has 0 saturated carbocycles. The third-order valence-corrected chi connectivity index (χ3v) is 6.23. The average molecular weight is 399 g/mol. The summed E-state index contributed by atoms with van der Waals surface area (Å²) in [6.07, 6.45) is 4.79. The molecule has 1 aliphatic rings. The van der Waals surface area contributed by atoms with Gasteiger partial charge >= 0.3 is 0 Å². The zero-order chi connectivity index (χ0) is 20.4. The van der Waals surface area contributed by atoms with Crippen molar-refractivity contribution in [1.29, 1.82) is 0 Å². The first-order valence-electron chi connectivity index (χ1n) is 11.4. The zero-order valence-electron chi connectivity index (χ0n) is 18.0. The number of benzene rings is 3. The molecule has 0 radical (unpaired) electrons. The molecular weight excluding hydrogens is 364 g/mol. The molecule has 3 aromatic carbocycles. The monoisotopic (exact) mass is 398 g/mol. The summed E-state index contributed by atoms with van der Waals surface area (Å²) >= 11 is 0. The highest BCUT2D eigenvalue weighted by atomic mass is 15.2. The van der Waals surface area contributed by atoms with Crippen molar-refractivity contribution < 1.29 is 0 Å². The molecule has 1 heterocycles. The molecule has 0 bridgehead atoms. The van der Waals surface area contributed by atoms with Gasteiger partial charge in [-0.15, -0.1) is 0 Å². The lowest BCUT2D eigenvalue weighted by molar-refractivity contribution is 0.169. The SMILES string of the molecule is c1ccc(CCCN2CCCN(Cc3ccccc3)[C@H](Cc3ccccc3)C2)cc1. The molecule has 0 aliphatic carbocycles. The Morgan fingerprint density at radius 1 is 0.667 bits per heavy atom. The second kappa shape index (κ2) is 11.1. The lowest BCUT2D eigenvalue weighted by Gasteiger charge is -2.32. The maximum Gasteiger partial charge on any atom is 0.0267 e. The first kappa shape index (κ1) is 20.8. The third kappa shape index (κ3) is 6.29. The topological polar surface area (TPSA) is 6.48 Å². The minimum Gasteiger partial charge on any atom is -0.302 e. The van der Waals surface area contributed by atoms with E-state index >= 15 is 0 Å². The lowest BCUT2D eigenvalue weighted by atomic mass is 10.0. The summed E-state index contributed by atoms with van der Waals surface area (Å²) in [5.41, 5.74) is 4.33.